The number of nitrogens with zero attached hydrogens (tertiary/aromatic N) is 1. The summed E-state index contributed by atoms with van der Waals surface area (Å²) in [5, 5.41) is 2.95. The second-order valence-corrected chi connectivity index (χ2v) is 5.60. The molecule has 1 aromatic carbocycles. The lowest BCUT2D eigenvalue weighted by Gasteiger charge is -2.37. The van der Waals surface area contributed by atoms with Gasteiger partial charge in [0.15, 0.2) is 5.79 Å². The van der Waals surface area contributed by atoms with Gasteiger partial charge >= 0.3 is 6.03 Å². The molecule has 2 aliphatic heterocycles. The van der Waals surface area contributed by atoms with Crippen molar-refractivity contribution in [2.75, 3.05) is 33.4 Å². The van der Waals surface area contributed by atoms with E-state index >= 15 is 0 Å². The summed E-state index contributed by atoms with van der Waals surface area (Å²) in [4.78, 5) is 14.0. The van der Waals surface area contributed by atoms with Gasteiger partial charge in [-0.05, 0) is 17.7 Å². The van der Waals surface area contributed by atoms with Crippen molar-refractivity contribution in [2.24, 2.45) is 0 Å². The van der Waals surface area contributed by atoms with Gasteiger partial charge < -0.3 is 24.4 Å². The predicted molar refractivity (Wildman–Crippen MR) is 80.7 cm³/mol. The molecule has 1 spiro atoms. The summed E-state index contributed by atoms with van der Waals surface area (Å²) in [5.41, 5.74) is 1.02. The fourth-order valence-corrected chi connectivity index (χ4v) is 2.91. The second kappa shape index (κ2) is 6.54. The van der Waals surface area contributed by atoms with Crippen LogP contribution in [0.5, 0.6) is 5.75 Å². The van der Waals surface area contributed by atoms with Crippen molar-refractivity contribution in [3.63, 3.8) is 0 Å². The lowest BCUT2D eigenvalue weighted by molar-refractivity contribution is -0.181. The van der Waals surface area contributed by atoms with Gasteiger partial charge in [0.25, 0.3) is 0 Å². The molecule has 2 heterocycles. The van der Waals surface area contributed by atoms with Crippen LogP contribution in [0.2, 0.25) is 0 Å². The van der Waals surface area contributed by atoms with Crippen molar-refractivity contribution in [3.05, 3.63) is 29.8 Å². The molecule has 2 aliphatic rings. The number of urea groups is 1. The number of benzene rings is 1. The van der Waals surface area contributed by atoms with E-state index in [1.807, 2.05) is 29.2 Å². The Morgan fingerprint density at radius 3 is 2.73 bits per heavy atom. The fraction of sp³-hybridized carbons (Fsp3) is 0.562. The number of carbonyl (C=O) groups is 1. The van der Waals surface area contributed by atoms with Crippen molar-refractivity contribution in [1.29, 1.82) is 0 Å². The SMILES string of the molecule is COc1cccc(CNC(=O)N2CCC3(CC2)OCCO3)c1. The summed E-state index contributed by atoms with van der Waals surface area (Å²) in [6.07, 6.45) is 1.47. The zero-order valence-corrected chi connectivity index (χ0v) is 12.8. The molecule has 1 N–H and O–H groups in total. The summed E-state index contributed by atoms with van der Waals surface area (Å²) in [6.45, 7) is 3.11. The zero-order valence-electron chi connectivity index (χ0n) is 12.8. The first-order valence-corrected chi connectivity index (χ1v) is 7.64. The van der Waals surface area contributed by atoms with Crippen LogP contribution in [-0.2, 0) is 16.0 Å². The molecular formula is C16H22N2O4. The number of methoxy groups -OCH3 is 1. The maximum absolute atomic E-state index is 12.2. The van der Waals surface area contributed by atoms with Gasteiger partial charge in [0.1, 0.15) is 5.75 Å². The molecule has 0 bridgehead atoms. The number of rotatable bonds is 3. The van der Waals surface area contributed by atoms with Gasteiger partial charge in [0, 0.05) is 32.5 Å². The van der Waals surface area contributed by atoms with Crippen LogP contribution >= 0.6 is 0 Å². The standard InChI is InChI=1S/C16H22N2O4/c1-20-14-4-2-3-13(11-14)12-17-15(19)18-7-5-16(6-8-18)21-9-10-22-16/h2-4,11H,5-10,12H2,1H3,(H,17,19). The van der Waals surface area contributed by atoms with Crippen LogP contribution in [0.4, 0.5) is 4.79 Å². The van der Waals surface area contributed by atoms with Gasteiger partial charge in [0.2, 0.25) is 0 Å². The highest BCUT2D eigenvalue weighted by molar-refractivity contribution is 5.74. The van der Waals surface area contributed by atoms with Crippen LogP contribution in [0.1, 0.15) is 18.4 Å². The number of carbonyl (C=O) groups excluding carboxylic acids is 1. The minimum Gasteiger partial charge on any atom is -0.497 e. The normalized spacial score (nSPS) is 20.1. The number of piperidine rings is 1. The average Bonchev–Trinajstić information content (AvgIpc) is 3.01. The van der Waals surface area contributed by atoms with E-state index in [-0.39, 0.29) is 6.03 Å². The number of likely N-dealkylation sites (tertiary alicyclic amines) is 1. The first-order valence-electron chi connectivity index (χ1n) is 7.64. The Labute approximate surface area is 130 Å². The summed E-state index contributed by atoms with van der Waals surface area (Å²) >= 11 is 0. The number of amides is 2. The van der Waals surface area contributed by atoms with E-state index in [2.05, 4.69) is 5.32 Å². The maximum Gasteiger partial charge on any atom is 0.317 e. The minimum absolute atomic E-state index is 0.0457. The van der Waals surface area contributed by atoms with Gasteiger partial charge in [-0.3, -0.25) is 0 Å². The number of hydrogen-bond donors (Lipinski definition) is 1. The maximum atomic E-state index is 12.2. The Bertz CT molecular complexity index is 519. The van der Waals surface area contributed by atoms with E-state index < -0.39 is 5.79 Å². The third-order valence-electron chi connectivity index (χ3n) is 4.20. The van der Waals surface area contributed by atoms with E-state index in [9.17, 15) is 4.79 Å². The Morgan fingerprint density at radius 2 is 2.05 bits per heavy atom. The third kappa shape index (κ3) is 3.34. The first kappa shape index (κ1) is 15.1. The van der Waals surface area contributed by atoms with E-state index in [4.69, 9.17) is 14.2 Å². The molecule has 0 aliphatic carbocycles. The first-order chi connectivity index (χ1) is 10.7. The van der Waals surface area contributed by atoms with Gasteiger partial charge in [0.05, 0.1) is 20.3 Å². The van der Waals surface area contributed by atoms with Crippen molar-refractivity contribution < 1.29 is 19.0 Å². The lowest BCUT2D eigenvalue weighted by atomic mass is 10.0. The number of hydrogen-bond acceptors (Lipinski definition) is 4. The topological polar surface area (TPSA) is 60.0 Å². The van der Waals surface area contributed by atoms with E-state index in [0.29, 0.717) is 32.8 Å². The Hall–Kier alpha value is -1.79. The smallest absolute Gasteiger partial charge is 0.317 e. The molecule has 6 nitrogen and oxygen atoms in total. The molecule has 0 unspecified atom stereocenters. The van der Waals surface area contributed by atoms with Crippen LogP contribution in [0, 0.1) is 0 Å². The lowest BCUT2D eigenvalue weighted by Crippen LogP contribution is -2.50. The van der Waals surface area contributed by atoms with Crippen LogP contribution in [0.25, 0.3) is 0 Å². The van der Waals surface area contributed by atoms with Crippen molar-refractivity contribution in [1.82, 2.24) is 10.2 Å². The average molecular weight is 306 g/mol. The van der Waals surface area contributed by atoms with Crippen molar-refractivity contribution >= 4 is 6.03 Å². The van der Waals surface area contributed by atoms with Crippen LogP contribution in [0.15, 0.2) is 24.3 Å². The molecule has 0 radical (unpaired) electrons. The minimum atomic E-state index is -0.441. The zero-order chi connectivity index (χ0) is 15.4. The van der Waals surface area contributed by atoms with Crippen LogP contribution in [0.3, 0.4) is 0 Å². The second-order valence-electron chi connectivity index (χ2n) is 5.60. The molecule has 1 aromatic rings. The largest absolute Gasteiger partial charge is 0.497 e. The van der Waals surface area contributed by atoms with E-state index in [1.54, 1.807) is 7.11 Å². The highest BCUT2D eigenvalue weighted by Gasteiger charge is 2.40. The molecule has 2 fully saturated rings. The highest BCUT2D eigenvalue weighted by atomic mass is 16.7. The summed E-state index contributed by atoms with van der Waals surface area (Å²) in [7, 11) is 1.63. The molecule has 0 aromatic heterocycles. The third-order valence-corrected chi connectivity index (χ3v) is 4.20. The van der Waals surface area contributed by atoms with Gasteiger partial charge in [-0.1, -0.05) is 12.1 Å². The number of ether oxygens (including phenoxy) is 3. The summed E-state index contributed by atoms with van der Waals surface area (Å²) in [6, 6.07) is 7.65. The van der Waals surface area contributed by atoms with Gasteiger partial charge in [-0.15, -0.1) is 0 Å². The molecule has 2 amide bonds. The van der Waals surface area contributed by atoms with E-state index in [1.165, 1.54) is 0 Å². The van der Waals surface area contributed by atoms with E-state index in [0.717, 1.165) is 24.2 Å². The number of nitrogens with one attached hydrogen (secondary N) is 1. The fourth-order valence-electron chi connectivity index (χ4n) is 2.91. The summed E-state index contributed by atoms with van der Waals surface area (Å²) < 4.78 is 16.5. The molecule has 3 rings (SSSR count). The Kier molecular flexibility index (Phi) is 4.49. The molecule has 0 atom stereocenters. The quantitative estimate of drug-likeness (QED) is 0.924. The molecule has 120 valence electrons. The monoisotopic (exact) mass is 306 g/mol. The van der Waals surface area contributed by atoms with Crippen LogP contribution in [-0.4, -0.2) is 50.1 Å². The molecule has 22 heavy (non-hydrogen) atoms. The van der Waals surface area contributed by atoms with Gasteiger partial charge in [-0.25, -0.2) is 4.79 Å². The predicted octanol–water partition coefficient (Wildman–Crippen LogP) is 1.74. The molecule has 6 heteroatoms. The van der Waals surface area contributed by atoms with Gasteiger partial charge in [-0.2, -0.15) is 0 Å². The Morgan fingerprint density at radius 1 is 1.32 bits per heavy atom. The molecule has 2 saturated heterocycles. The Balaban J connectivity index is 1.48. The van der Waals surface area contributed by atoms with Crippen LogP contribution < -0.4 is 10.1 Å². The van der Waals surface area contributed by atoms with Crippen molar-refractivity contribution in [2.45, 2.75) is 25.2 Å². The molecular weight excluding hydrogens is 284 g/mol. The summed E-state index contributed by atoms with van der Waals surface area (Å²) in [5.74, 6) is 0.353. The molecule has 0 saturated carbocycles. The highest BCUT2D eigenvalue weighted by Crippen LogP contribution is 2.31. The van der Waals surface area contributed by atoms with Crippen molar-refractivity contribution in [3.8, 4) is 5.75 Å².